The van der Waals surface area contributed by atoms with Gasteiger partial charge in [0.05, 0.1) is 0 Å². The molecule has 0 saturated carbocycles. The normalized spacial score (nSPS) is 27.9. The van der Waals surface area contributed by atoms with Crippen LogP contribution in [-0.4, -0.2) is 22.9 Å². The molecule has 0 bridgehead atoms. The zero-order chi connectivity index (χ0) is 9.97. The van der Waals surface area contributed by atoms with Gasteiger partial charge in [-0.15, -0.1) is 0 Å². The Labute approximate surface area is 85.5 Å². The third-order valence-corrected chi connectivity index (χ3v) is 3.38. The Morgan fingerprint density at radius 2 is 2.50 bits per heavy atom. The predicted octanol–water partition coefficient (Wildman–Crippen LogP) is 1.21. The predicted molar refractivity (Wildman–Crippen MR) is 57.1 cm³/mol. The molecule has 3 nitrogen and oxygen atoms in total. The van der Waals surface area contributed by atoms with Crippen molar-refractivity contribution < 1.29 is 0 Å². The van der Waals surface area contributed by atoms with E-state index in [1.807, 2.05) is 17.9 Å². The molecule has 1 aliphatic heterocycles. The average Bonchev–Trinajstić information content (AvgIpc) is 2.56. The molecule has 1 N–H and O–H groups in total. The Morgan fingerprint density at radius 1 is 1.64 bits per heavy atom. The smallest absolute Gasteiger partial charge is 0.0492 e. The average molecular weight is 193 g/mol. The molecule has 2 atom stereocenters. The maximum atomic E-state index is 4.20. The van der Waals surface area contributed by atoms with E-state index in [-0.39, 0.29) is 0 Å². The van der Waals surface area contributed by atoms with E-state index in [1.165, 1.54) is 18.7 Å². The van der Waals surface area contributed by atoms with Crippen molar-refractivity contribution in [1.29, 1.82) is 0 Å². The van der Waals surface area contributed by atoms with E-state index in [0.29, 0.717) is 0 Å². The second kappa shape index (κ2) is 4.13. The summed E-state index contributed by atoms with van der Waals surface area (Å²) in [6.45, 7) is 4.71. The van der Waals surface area contributed by atoms with Gasteiger partial charge in [0.15, 0.2) is 0 Å². The van der Waals surface area contributed by atoms with Crippen molar-refractivity contribution in [2.24, 2.45) is 18.9 Å². The lowest BCUT2D eigenvalue weighted by Gasteiger charge is -2.29. The lowest BCUT2D eigenvalue weighted by atomic mass is 9.85. The second-order valence-electron chi connectivity index (χ2n) is 4.38. The highest BCUT2D eigenvalue weighted by atomic mass is 15.2. The second-order valence-corrected chi connectivity index (χ2v) is 4.38. The lowest BCUT2D eigenvalue weighted by molar-refractivity contribution is 0.269. The van der Waals surface area contributed by atoms with Gasteiger partial charge in [0.2, 0.25) is 0 Å². The molecule has 0 aliphatic carbocycles. The quantitative estimate of drug-likeness (QED) is 0.765. The Kier molecular flexibility index (Phi) is 2.87. The zero-order valence-corrected chi connectivity index (χ0v) is 9.03. The van der Waals surface area contributed by atoms with Gasteiger partial charge < -0.3 is 5.32 Å². The first-order chi connectivity index (χ1) is 6.77. The number of rotatable bonds is 2. The summed E-state index contributed by atoms with van der Waals surface area (Å²) in [4.78, 5) is 0. The molecule has 2 heterocycles. The Balaban J connectivity index is 1.99. The van der Waals surface area contributed by atoms with E-state index in [9.17, 15) is 0 Å². The molecule has 78 valence electrons. The van der Waals surface area contributed by atoms with Gasteiger partial charge in [-0.1, -0.05) is 6.92 Å². The van der Waals surface area contributed by atoms with Crippen molar-refractivity contribution in [3.05, 3.63) is 18.0 Å². The standard InChI is InChI=1S/C11H19N3/c1-9-3-5-12-8-10(9)7-11-4-6-13-14(11)2/h4,6,9-10,12H,3,5,7-8H2,1-2H3. The number of hydrogen-bond donors (Lipinski definition) is 1. The summed E-state index contributed by atoms with van der Waals surface area (Å²) in [6.07, 6.45) is 4.35. The third-order valence-electron chi connectivity index (χ3n) is 3.38. The number of nitrogens with one attached hydrogen (secondary N) is 1. The van der Waals surface area contributed by atoms with Crippen molar-refractivity contribution in [1.82, 2.24) is 15.1 Å². The summed E-state index contributed by atoms with van der Waals surface area (Å²) in [7, 11) is 2.02. The van der Waals surface area contributed by atoms with Crippen LogP contribution in [0.1, 0.15) is 19.0 Å². The molecule has 1 fully saturated rings. The lowest BCUT2D eigenvalue weighted by Crippen LogP contribution is -2.36. The fourth-order valence-electron chi connectivity index (χ4n) is 2.20. The molecule has 1 aromatic rings. The first-order valence-corrected chi connectivity index (χ1v) is 5.45. The Hall–Kier alpha value is -0.830. The number of aromatic nitrogens is 2. The van der Waals surface area contributed by atoms with E-state index >= 15 is 0 Å². The van der Waals surface area contributed by atoms with Crippen LogP contribution in [0.2, 0.25) is 0 Å². The molecule has 14 heavy (non-hydrogen) atoms. The molecule has 3 heteroatoms. The summed E-state index contributed by atoms with van der Waals surface area (Å²) >= 11 is 0. The van der Waals surface area contributed by atoms with E-state index in [4.69, 9.17) is 0 Å². The molecule has 2 unspecified atom stereocenters. The van der Waals surface area contributed by atoms with Crippen molar-refractivity contribution in [3.8, 4) is 0 Å². The number of piperidine rings is 1. The van der Waals surface area contributed by atoms with Crippen molar-refractivity contribution in [3.63, 3.8) is 0 Å². The van der Waals surface area contributed by atoms with Crippen LogP contribution in [0.4, 0.5) is 0 Å². The fourth-order valence-corrected chi connectivity index (χ4v) is 2.20. The van der Waals surface area contributed by atoms with Gasteiger partial charge in [0.1, 0.15) is 0 Å². The van der Waals surface area contributed by atoms with Crippen LogP contribution in [0.3, 0.4) is 0 Å². The number of hydrogen-bond acceptors (Lipinski definition) is 2. The summed E-state index contributed by atoms with van der Waals surface area (Å²) < 4.78 is 1.99. The first-order valence-electron chi connectivity index (χ1n) is 5.45. The zero-order valence-electron chi connectivity index (χ0n) is 9.03. The van der Waals surface area contributed by atoms with Crippen LogP contribution >= 0.6 is 0 Å². The van der Waals surface area contributed by atoms with Gasteiger partial charge in [-0.05, 0) is 43.8 Å². The van der Waals surface area contributed by atoms with E-state index in [0.717, 1.165) is 24.8 Å². The SMILES string of the molecule is CC1CCNCC1Cc1ccnn1C. The molecule has 1 aliphatic rings. The van der Waals surface area contributed by atoms with E-state index in [1.54, 1.807) is 0 Å². The topological polar surface area (TPSA) is 29.9 Å². The van der Waals surface area contributed by atoms with Crippen LogP contribution in [0.15, 0.2) is 12.3 Å². The maximum Gasteiger partial charge on any atom is 0.0492 e. The molecular weight excluding hydrogens is 174 g/mol. The molecule has 0 aromatic carbocycles. The van der Waals surface area contributed by atoms with Gasteiger partial charge in [-0.2, -0.15) is 5.10 Å². The summed E-state index contributed by atoms with van der Waals surface area (Å²) in [5.74, 6) is 1.62. The Bertz CT molecular complexity index is 292. The minimum atomic E-state index is 0.777. The monoisotopic (exact) mass is 193 g/mol. The third kappa shape index (κ3) is 1.98. The fraction of sp³-hybridized carbons (Fsp3) is 0.727. The van der Waals surface area contributed by atoms with Gasteiger partial charge >= 0.3 is 0 Å². The van der Waals surface area contributed by atoms with Crippen LogP contribution in [0, 0.1) is 11.8 Å². The number of aryl methyl sites for hydroxylation is 1. The number of nitrogens with zero attached hydrogens (tertiary/aromatic N) is 2. The molecule has 2 rings (SSSR count). The van der Waals surface area contributed by atoms with Crippen LogP contribution in [0.25, 0.3) is 0 Å². The van der Waals surface area contributed by atoms with Gasteiger partial charge in [-0.3, -0.25) is 4.68 Å². The van der Waals surface area contributed by atoms with E-state index < -0.39 is 0 Å². The van der Waals surface area contributed by atoms with Gasteiger partial charge in [0.25, 0.3) is 0 Å². The summed E-state index contributed by atoms with van der Waals surface area (Å²) in [5.41, 5.74) is 1.35. The summed E-state index contributed by atoms with van der Waals surface area (Å²) in [5, 5.41) is 7.67. The molecule has 1 saturated heterocycles. The van der Waals surface area contributed by atoms with Crippen molar-refractivity contribution in [2.75, 3.05) is 13.1 Å². The van der Waals surface area contributed by atoms with E-state index in [2.05, 4.69) is 23.4 Å². The minimum Gasteiger partial charge on any atom is -0.316 e. The van der Waals surface area contributed by atoms with Crippen molar-refractivity contribution >= 4 is 0 Å². The minimum absolute atomic E-state index is 0.777. The highest BCUT2D eigenvalue weighted by molar-refractivity contribution is 5.02. The van der Waals surface area contributed by atoms with Crippen LogP contribution in [0.5, 0.6) is 0 Å². The Morgan fingerprint density at radius 3 is 3.14 bits per heavy atom. The van der Waals surface area contributed by atoms with Crippen LogP contribution in [-0.2, 0) is 13.5 Å². The van der Waals surface area contributed by atoms with Gasteiger partial charge in [0, 0.05) is 18.9 Å². The first kappa shape index (κ1) is 9.71. The van der Waals surface area contributed by atoms with Crippen LogP contribution < -0.4 is 5.32 Å². The molecule has 0 amide bonds. The molecule has 1 aromatic heterocycles. The molecular formula is C11H19N3. The molecule has 0 radical (unpaired) electrons. The van der Waals surface area contributed by atoms with Crippen molar-refractivity contribution in [2.45, 2.75) is 19.8 Å². The summed E-state index contributed by atoms with van der Waals surface area (Å²) in [6, 6.07) is 2.13. The maximum absolute atomic E-state index is 4.20. The van der Waals surface area contributed by atoms with Gasteiger partial charge in [-0.25, -0.2) is 0 Å². The largest absolute Gasteiger partial charge is 0.316 e. The highest BCUT2D eigenvalue weighted by Gasteiger charge is 2.21. The molecule has 0 spiro atoms. The highest BCUT2D eigenvalue weighted by Crippen LogP contribution is 2.22.